The summed E-state index contributed by atoms with van der Waals surface area (Å²) in [5.74, 6) is 0. The van der Waals surface area contributed by atoms with E-state index in [4.69, 9.17) is 0 Å². The van der Waals surface area contributed by atoms with Gasteiger partial charge in [-0.2, -0.15) is 0 Å². The lowest BCUT2D eigenvalue weighted by molar-refractivity contribution is 0.172. The predicted molar refractivity (Wildman–Crippen MR) is 138 cm³/mol. The number of amides is 1. The van der Waals surface area contributed by atoms with E-state index in [0.717, 1.165) is 17.4 Å². The van der Waals surface area contributed by atoms with Crippen molar-refractivity contribution in [2.24, 2.45) is 0 Å². The molecule has 0 aliphatic heterocycles. The molecule has 37 heavy (non-hydrogen) atoms. The highest BCUT2D eigenvalue weighted by atomic mass is 32.2. The second kappa shape index (κ2) is 9.60. The van der Waals surface area contributed by atoms with Crippen LogP contribution in [0.1, 0.15) is 22.4 Å². The standard InChI is InChI=1S/C25H26N4O6S2/c1-16-5-11-21(12-6-16)37(34,35)28(25(30)31)14-13-19-7-9-20(10-8-19)29-23-22(17(2)15-18(3)26-23)27-24(29)36(4,32)33/h5-12,15H,13-14H2,1-4H3,(H,30,31). The Hall–Kier alpha value is -3.77. The molecule has 10 nitrogen and oxygen atoms in total. The number of carboxylic acid groups (broad SMARTS) is 1. The van der Waals surface area contributed by atoms with E-state index in [2.05, 4.69) is 9.97 Å². The zero-order chi connectivity index (χ0) is 27.1. The van der Waals surface area contributed by atoms with Crippen LogP contribution in [-0.4, -0.2) is 59.7 Å². The Kier molecular flexibility index (Phi) is 6.82. The quantitative estimate of drug-likeness (QED) is 0.373. The van der Waals surface area contributed by atoms with Crippen LogP contribution < -0.4 is 0 Å². The molecule has 0 spiro atoms. The number of fused-ring (bicyclic) bond motifs is 1. The summed E-state index contributed by atoms with van der Waals surface area (Å²) in [5.41, 5.74) is 4.43. The summed E-state index contributed by atoms with van der Waals surface area (Å²) in [6.45, 7) is 5.17. The van der Waals surface area contributed by atoms with Gasteiger partial charge in [-0.1, -0.05) is 29.8 Å². The fraction of sp³-hybridized carbons (Fsp3) is 0.240. The molecule has 4 aromatic rings. The molecule has 0 radical (unpaired) electrons. The molecular formula is C25H26N4O6S2. The molecule has 0 bridgehead atoms. The van der Waals surface area contributed by atoms with E-state index in [1.807, 2.05) is 19.9 Å². The minimum atomic E-state index is -4.24. The Balaban J connectivity index is 1.65. The number of benzene rings is 2. The van der Waals surface area contributed by atoms with Crippen LogP contribution in [0.25, 0.3) is 16.9 Å². The molecule has 2 heterocycles. The molecule has 1 N–H and O–H groups in total. The largest absolute Gasteiger partial charge is 0.464 e. The van der Waals surface area contributed by atoms with Gasteiger partial charge in [0.2, 0.25) is 15.0 Å². The number of aromatic nitrogens is 3. The third kappa shape index (κ3) is 5.20. The first-order valence-electron chi connectivity index (χ1n) is 11.3. The van der Waals surface area contributed by atoms with Gasteiger partial charge in [-0.25, -0.2) is 35.9 Å². The number of sulfonamides is 1. The third-order valence-electron chi connectivity index (χ3n) is 5.86. The van der Waals surface area contributed by atoms with Crippen molar-refractivity contribution in [3.8, 4) is 5.69 Å². The number of rotatable bonds is 7. The molecule has 0 aliphatic carbocycles. The molecule has 0 saturated carbocycles. The highest BCUT2D eigenvalue weighted by Gasteiger charge is 2.29. The van der Waals surface area contributed by atoms with E-state index in [1.54, 1.807) is 43.3 Å². The minimum Gasteiger partial charge on any atom is -0.464 e. The maximum atomic E-state index is 12.9. The third-order valence-corrected chi connectivity index (χ3v) is 8.58. The lowest BCUT2D eigenvalue weighted by atomic mass is 10.1. The Morgan fingerprint density at radius 2 is 1.57 bits per heavy atom. The van der Waals surface area contributed by atoms with E-state index in [0.29, 0.717) is 32.4 Å². The minimum absolute atomic E-state index is 0.103. The number of hydrogen-bond acceptors (Lipinski definition) is 7. The average molecular weight is 543 g/mol. The predicted octanol–water partition coefficient (Wildman–Crippen LogP) is 3.66. The molecule has 0 fully saturated rings. The van der Waals surface area contributed by atoms with Gasteiger partial charge in [0.25, 0.3) is 10.0 Å². The zero-order valence-corrected chi connectivity index (χ0v) is 22.3. The number of carbonyl (C=O) groups is 1. The maximum Gasteiger partial charge on any atom is 0.421 e. The fourth-order valence-electron chi connectivity index (χ4n) is 4.02. The molecule has 4 rings (SSSR count). The molecule has 12 heteroatoms. The number of aryl methyl sites for hydroxylation is 3. The van der Waals surface area contributed by atoms with Crippen molar-refractivity contribution in [2.75, 3.05) is 12.8 Å². The lowest BCUT2D eigenvalue weighted by Crippen LogP contribution is -2.37. The van der Waals surface area contributed by atoms with Crippen LogP contribution in [0, 0.1) is 20.8 Å². The van der Waals surface area contributed by atoms with E-state index in [-0.39, 0.29) is 23.0 Å². The van der Waals surface area contributed by atoms with Gasteiger partial charge in [0, 0.05) is 24.2 Å². The van der Waals surface area contributed by atoms with Crippen LogP contribution in [0.4, 0.5) is 4.79 Å². The smallest absolute Gasteiger partial charge is 0.421 e. The summed E-state index contributed by atoms with van der Waals surface area (Å²) in [6.07, 6.45) is -0.370. The van der Waals surface area contributed by atoms with Gasteiger partial charge in [-0.15, -0.1) is 0 Å². The molecule has 0 unspecified atom stereocenters. The summed E-state index contributed by atoms with van der Waals surface area (Å²) in [7, 11) is -7.93. The highest BCUT2D eigenvalue weighted by molar-refractivity contribution is 7.90. The van der Waals surface area contributed by atoms with Crippen LogP contribution >= 0.6 is 0 Å². The normalized spacial score (nSPS) is 12.1. The average Bonchev–Trinajstić information content (AvgIpc) is 3.20. The van der Waals surface area contributed by atoms with Gasteiger partial charge in [0.05, 0.1) is 4.90 Å². The van der Waals surface area contributed by atoms with Gasteiger partial charge in [0.15, 0.2) is 5.65 Å². The molecule has 0 saturated heterocycles. The van der Waals surface area contributed by atoms with Crippen LogP contribution in [0.2, 0.25) is 0 Å². The van der Waals surface area contributed by atoms with Crippen molar-refractivity contribution in [1.29, 1.82) is 0 Å². The van der Waals surface area contributed by atoms with Gasteiger partial charge >= 0.3 is 6.09 Å². The summed E-state index contributed by atoms with van der Waals surface area (Å²) in [5, 5.41) is 9.46. The van der Waals surface area contributed by atoms with Crippen molar-refractivity contribution in [3.63, 3.8) is 0 Å². The molecule has 0 atom stereocenters. The van der Waals surface area contributed by atoms with Crippen LogP contribution in [0.3, 0.4) is 0 Å². The number of sulfone groups is 1. The van der Waals surface area contributed by atoms with Crippen molar-refractivity contribution >= 4 is 37.1 Å². The summed E-state index contributed by atoms with van der Waals surface area (Å²) in [6, 6.07) is 14.5. The van der Waals surface area contributed by atoms with Crippen molar-refractivity contribution in [3.05, 3.63) is 77.0 Å². The Morgan fingerprint density at radius 3 is 2.14 bits per heavy atom. The second-order valence-corrected chi connectivity index (χ2v) is 12.6. The Morgan fingerprint density at radius 1 is 0.946 bits per heavy atom. The molecule has 2 aromatic heterocycles. The number of hydrogen-bond donors (Lipinski definition) is 1. The lowest BCUT2D eigenvalue weighted by Gasteiger charge is -2.19. The summed E-state index contributed by atoms with van der Waals surface area (Å²) >= 11 is 0. The zero-order valence-electron chi connectivity index (χ0n) is 20.7. The summed E-state index contributed by atoms with van der Waals surface area (Å²) in [4.78, 5) is 20.5. The first kappa shape index (κ1) is 26.3. The first-order valence-corrected chi connectivity index (χ1v) is 14.6. The molecule has 1 amide bonds. The first-order chi connectivity index (χ1) is 17.3. The van der Waals surface area contributed by atoms with E-state index >= 15 is 0 Å². The van der Waals surface area contributed by atoms with Crippen molar-refractivity contribution in [2.45, 2.75) is 37.2 Å². The Labute approximate surface area is 215 Å². The van der Waals surface area contributed by atoms with Gasteiger partial charge < -0.3 is 5.11 Å². The molecule has 0 aliphatic rings. The topological polar surface area (TPSA) is 140 Å². The number of pyridine rings is 1. The fourth-order valence-corrected chi connectivity index (χ4v) is 6.07. The summed E-state index contributed by atoms with van der Waals surface area (Å²) < 4.78 is 52.7. The maximum absolute atomic E-state index is 12.9. The monoisotopic (exact) mass is 542 g/mol. The van der Waals surface area contributed by atoms with E-state index in [1.165, 1.54) is 16.7 Å². The van der Waals surface area contributed by atoms with Gasteiger partial charge in [-0.3, -0.25) is 4.57 Å². The molecule has 2 aromatic carbocycles. The number of nitrogens with zero attached hydrogens (tertiary/aromatic N) is 4. The van der Waals surface area contributed by atoms with E-state index < -0.39 is 26.0 Å². The molecule has 194 valence electrons. The van der Waals surface area contributed by atoms with Crippen LogP contribution in [0.15, 0.2) is 64.6 Å². The van der Waals surface area contributed by atoms with Gasteiger partial charge in [-0.05, 0) is 68.7 Å². The van der Waals surface area contributed by atoms with E-state index in [9.17, 15) is 26.7 Å². The van der Waals surface area contributed by atoms with Crippen molar-refractivity contribution < 1.29 is 26.7 Å². The molecular weight excluding hydrogens is 516 g/mol. The highest BCUT2D eigenvalue weighted by Crippen LogP contribution is 2.26. The van der Waals surface area contributed by atoms with Crippen LogP contribution in [0.5, 0.6) is 0 Å². The number of imidazole rings is 1. The second-order valence-electron chi connectivity index (χ2n) is 8.84. The SMILES string of the molecule is Cc1ccc(S(=O)(=O)N(CCc2ccc(-n3c(S(C)(=O)=O)nc4c(C)cc(C)nc43)cc2)C(=O)O)cc1. The van der Waals surface area contributed by atoms with Gasteiger partial charge in [0.1, 0.15) is 5.52 Å². The Bertz CT molecular complexity index is 1710. The van der Waals surface area contributed by atoms with Crippen molar-refractivity contribution in [1.82, 2.24) is 18.8 Å². The van der Waals surface area contributed by atoms with Crippen LogP contribution in [-0.2, 0) is 26.3 Å².